The molecule has 1 aromatic heterocycles. The van der Waals surface area contributed by atoms with Gasteiger partial charge in [0.25, 0.3) is 0 Å². The Labute approximate surface area is 226 Å². The number of aromatic nitrogens is 2. The summed E-state index contributed by atoms with van der Waals surface area (Å²) in [6.07, 6.45) is 6.36. The predicted octanol–water partition coefficient (Wildman–Crippen LogP) is 7.94. The number of halogens is 2. The van der Waals surface area contributed by atoms with Crippen LogP contribution in [-0.2, 0) is 6.54 Å². The van der Waals surface area contributed by atoms with Crippen LogP contribution in [0.2, 0.25) is 5.28 Å². The Kier molecular flexibility index (Phi) is 9.10. The largest absolute Gasteiger partial charge is 0.497 e. The number of rotatable bonds is 10. The summed E-state index contributed by atoms with van der Waals surface area (Å²) < 4.78 is 12.2. The lowest BCUT2D eigenvalue weighted by atomic mass is 9.98. The van der Waals surface area contributed by atoms with Crippen molar-refractivity contribution in [2.45, 2.75) is 51.7 Å². The zero-order valence-corrected chi connectivity index (χ0v) is 23.1. The second kappa shape index (κ2) is 12.5. The molecule has 3 aromatic rings. The predicted molar refractivity (Wildman–Crippen MR) is 151 cm³/mol. The standard InChI is InChI=1S/C28H32BrClN4O2/c1-19(2)18-34(21-11-15-24(16-12-21)36-23-7-5-4-6-8-23)27-25(29)26(32-28(30)33-27)31-17-20-9-13-22(35-3)14-10-20/h9-16,23H,1,4-8,17-18H2,2-3H3,(H,31,32,33). The zero-order chi connectivity index (χ0) is 25.5. The van der Waals surface area contributed by atoms with Gasteiger partial charge >= 0.3 is 0 Å². The number of ether oxygens (including phenoxy) is 2. The molecule has 6 nitrogen and oxygen atoms in total. The summed E-state index contributed by atoms with van der Waals surface area (Å²) in [4.78, 5) is 11.1. The van der Waals surface area contributed by atoms with E-state index in [1.807, 2.05) is 55.5 Å². The van der Waals surface area contributed by atoms with Crippen LogP contribution in [0.1, 0.15) is 44.6 Å². The van der Waals surface area contributed by atoms with E-state index >= 15 is 0 Å². The molecule has 0 spiro atoms. The summed E-state index contributed by atoms with van der Waals surface area (Å²) in [5, 5.41) is 3.53. The number of hydrogen-bond donors (Lipinski definition) is 1. The third kappa shape index (κ3) is 6.92. The van der Waals surface area contributed by atoms with Gasteiger partial charge < -0.3 is 19.7 Å². The van der Waals surface area contributed by atoms with Crippen molar-refractivity contribution in [1.29, 1.82) is 0 Å². The van der Waals surface area contributed by atoms with Crippen molar-refractivity contribution < 1.29 is 9.47 Å². The second-order valence-corrected chi connectivity index (χ2v) is 10.2. The quantitative estimate of drug-likeness (QED) is 0.197. The Balaban J connectivity index is 1.56. The second-order valence-electron chi connectivity index (χ2n) is 9.10. The van der Waals surface area contributed by atoms with Gasteiger partial charge in [-0.3, -0.25) is 0 Å². The number of methoxy groups -OCH3 is 1. The van der Waals surface area contributed by atoms with E-state index in [0.29, 0.717) is 30.8 Å². The van der Waals surface area contributed by atoms with Gasteiger partial charge in [0, 0.05) is 18.8 Å². The highest BCUT2D eigenvalue weighted by Gasteiger charge is 2.20. The van der Waals surface area contributed by atoms with E-state index in [1.54, 1.807) is 7.11 Å². The highest BCUT2D eigenvalue weighted by Crippen LogP contribution is 2.37. The van der Waals surface area contributed by atoms with E-state index < -0.39 is 0 Å². The first-order valence-corrected chi connectivity index (χ1v) is 13.4. The van der Waals surface area contributed by atoms with Crippen LogP contribution in [0, 0.1) is 0 Å². The number of nitrogens with one attached hydrogen (secondary N) is 1. The van der Waals surface area contributed by atoms with Crippen LogP contribution in [0.5, 0.6) is 11.5 Å². The van der Waals surface area contributed by atoms with Crippen molar-refractivity contribution >= 4 is 44.9 Å². The van der Waals surface area contributed by atoms with Gasteiger partial charge in [0.1, 0.15) is 21.8 Å². The van der Waals surface area contributed by atoms with Crippen molar-refractivity contribution in [1.82, 2.24) is 9.97 Å². The fourth-order valence-corrected chi connectivity index (χ4v) is 4.97. The van der Waals surface area contributed by atoms with Crippen LogP contribution < -0.4 is 19.7 Å². The minimum absolute atomic E-state index is 0.161. The smallest absolute Gasteiger partial charge is 0.226 e. The first-order valence-electron chi connectivity index (χ1n) is 12.2. The molecule has 1 N–H and O–H groups in total. The van der Waals surface area contributed by atoms with Gasteiger partial charge in [-0.2, -0.15) is 9.97 Å². The zero-order valence-electron chi connectivity index (χ0n) is 20.8. The fourth-order valence-electron chi connectivity index (χ4n) is 4.27. The molecule has 0 unspecified atom stereocenters. The third-order valence-electron chi connectivity index (χ3n) is 6.11. The molecule has 0 saturated heterocycles. The molecular formula is C28H32BrClN4O2. The Hall–Kier alpha value is -2.77. The molecule has 0 radical (unpaired) electrons. The molecule has 1 fully saturated rings. The maximum Gasteiger partial charge on any atom is 0.226 e. The fraction of sp³-hybridized carbons (Fsp3) is 0.357. The molecule has 0 atom stereocenters. The normalized spacial score (nSPS) is 13.8. The lowest BCUT2D eigenvalue weighted by molar-refractivity contribution is 0.155. The third-order valence-corrected chi connectivity index (χ3v) is 7.01. The van der Waals surface area contributed by atoms with Gasteiger partial charge in [0.15, 0.2) is 5.82 Å². The van der Waals surface area contributed by atoms with Gasteiger partial charge in [-0.15, -0.1) is 0 Å². The summed E-state index contributed by atoms with van der Waals surface area (Å²) in [5.41, 5.74) is 3.05. The van der Waals surface area contributed by atoms with E-state index in [9.17, 15) is 0 Å². The molecule has 1 aliphatic rings. The Morgan fingerprint density at radius 1 is 1.06 bits per heavy atom. The maximum atomic E-state index is 6.38. The minimum Gasteiger partial charge on any atom is -0.497 e. The molecule has 0 bridgehead atoms. The Morgan fingerprint density at radius 3 is 2.36 bits per heavy atom. The molecule has 2 aromatic carbocycles. The average molecular weight is 572 g/mol. The SMILES string of the molecule is C=C(C)CN(c1ccc(OC2CCCCC2)cc1)c1nc(Cl)nc(NCc2ccc(OC)cc2)c1Br. The van der Waals surface area contributed by atoms with Crippen molar-refractivity contribution in [2.24, 2.45) is 0 Å². The molecule has 1 heterocycles. The van der Waals surface area contributed by atoms with E-state index in [1.165, 1.54) is 19.3 Å². The minimum atomic E-state index is 0.161. The summed E-state index contributed by atoms with van der Waals surface area (Å²) in [7, 11) is 1.66. The maximum absolute atomic E-state index is 6.38. The number of nitrogens with zero attached hydrogens (tertiary/aromatic N) is 3. The van der Waals surface area contributed by atoms with Gasteiger partial charge in [-0.05, 0) is 102 Å². The summed E-state index contributed by atoms with van der Waals surface area (Å²) in [6.45, 7) is 7.26. The first-order chi connectivity index (χ1) is 17.4. The highest BCUT2D eigenvalue weighted by atomic mass is 79.9. The van der Waals surface area contributed by atoms with Gasteiger partial charge in [-0.25, -0.2) is 0 Å². The van der Waals surface area contributed by atoms with Crippen LogP contribution in [0.3, 0.4) is 0 Å². The molecule has 36 heavy (non-hydrogen) atoms. The van der Waals surface area contributed by atoms with Gasteiger partial charge in [-0.1, -0.05) is 30.7 Å². The molecule has 1 aliphatic carbocycles. The van der Waals surface area contributed by atoms with Crippen molar-refractivity contribution in [2.75, 3.05) is 23.9 Å². The van der Waals surface area contributed by atoms with Gasteiger partial charge in [0.2, 0.25) is 5.28 Å². The van der Waals surface area contributed by atoms with Crippen LogP contribution in [-0.4, -0.2) is 29.7 Å². The number of benzene rings is 2. The number of hydrogen-bond acceptors (Lipinski definition) is 6. The van der Waals surface area contributed by atoms with Crippen molar-refractivity contribution in [3.05, 3.63) is 76.0 Å². The summed E-state index contributed by atoms with van der Waals surface area (Å²) in [5.74, 6) is 2.99. The van der Waals surface area contributed by atoms with Crippen molar-refractivity contribution in [3.63, 3.8) is 0 Å². The molecular weight excluding hydrogens is 540 g/mol. The molecule has 8 heteroatoms. The number of anilines is 3. The highest BCUT2D eigenvalue weighted by molar-refractivity contribution is 9.10. The van der Waals surface area contributed by atoms with Crippen molar-refractivity contribution in [3.8, 4) is 11.5 Å². The van der Waals surface area contributed by atoms with E-state index in [2.05, 4.69) is 42.7 Å². The van der Waals surface area contributed by atoms with E-state index in [4.69, 9.17) is 21.1 Å². The lowest BCUT2D eigenvalue weighted by Gasteiger charge is -2.27. The lowest BCUT2D eigenvalue weighted by Crippen LogP contribution is -2.22. The topological polar surface area (TPSA) is 59.5 Å². The summed E-state index contributed by atoms with van der Waals surface area (Å²) in [6, 6.07) is 16.0. The van der Waals surface area contributed by atoms with Crippen LogP contribution in [0.4, 0.5) is 17.3 Å². The van der Waals surface area contributed by atoms with E-state index in [-0.39, 0.29) is 5.28 Å². The van der Waals surface area contributed by atoms with E-state index in [0.717, 1.165) is 45.6 Å². The van der Waals surface area contributed by atoms with Crippen LogP contribution >= 0.6 is 27.5 Å². The summed E-state index contributed by atoms with van der Waals surface area (Å²) >= 11 is 10.1. The molecule has 1 saturated carbocycles. The van der Waals surface area contributed by atoms with Gasteiger partial charge in [0.05, 0.1) is 13.2 Å². The first kappa shape index (κ1) is 26.3. The Morgan fingerprint density at radius 2 is 1.72 bits per heavy atom. The molecule has 4 rings (SSSR count). The molecule has 0 amide bonds. The monoisotopic (exact) mass is 570 g/mol. The molecule has 190 valence electrons. The Bertz CT molecular complexity index is 1170. The van der Waals surface area contributed by atoms with Crippen LogP contribution in [0.15, 0.2) is 65.2 Å². The average Bonchev–Trinajstić information content (AvgIpc) is 2.89. The molecule has 0 aliphatic heterocycles. The van der Waals surface area contributed by atoms with Crippen LogP contribution in [0.25, 0.3) is 0 Å².